The molecule has 0 aliphatic rings. The van der Waals surface area contributed by atoms with Crippen molar-refractivity contribution in [2.75, 3.05) is 0 Å². The number of aryl methyl sites for hydroxylation is 1. The van der Waals surface area contributed by atoms with E-state index >= 15 is 0 Å². The summed E-state index contributed by atoms with van der Waals surface area (Å²) < 4.78 is 66.0. The number of nitrogens with zero attached hydrogens (tertiary/aromatic N) is 5. The highest BCUT2D eigenvalue weighted by atomic mass is 35.5. The summed E-state index contributed by atoms with van der Waals surface area (Å²) in [4.78, 5) is 27.5. The van der Waals surface area contributed by atoms with Crippen LogP contribution in [0.25, 0.3) is 22.5 Å². The summed E-state index contributed by atoms with van der Waals surface area (Å²) in [5.74, 6) is -4.19. The van der Waals surface area contributed by atoms with E-state index in [0.717, 1.165) is 22.4 Å². The molecule has 0 saturated heterocycles. The molecular formula is C18H14ClF5N8O2. The van der Waals surface area contributed by atoms with Crippen molar-refractivity contribution in [1.29, 1.82) is 0 Å². The first-order valence-electron chi connectivity index (χ1n) is 9.19. The number of hydrogen-bond acceptors (Lipinski definition) is 6. The number of hydrazine groups is 1. The average Bonchev–Trinajstić information content (AvgIpc) is 3.16. The Kier molecular flexibility index (Phi) is 6.95. The fourth-order valence-corrected chi connectivity index (χ4v) is 3.02. The number of hydrogen-bond donors (Lipinski definition) is 3. The van der Waals surface area contributed by atoms with E-state index in [9.17, 15) is 31.5 Å². The Morgan fingerprint density at radius 1 is 1.12 bits per heavy atom. The van der Waals surface area contributed by atoms with Gasteiger partial charge in [-0.2, -0.15) is 18.0 Å². The fraction of sp³-hybridized carbons (Fsp3) is 0.222. The molecule has 0 aliphatic carbocycles. The molecule has 34 heavy (non-hydrogen) atoms. The number of tetrazole rings is 1. The lowest BCUT2D eigenvalue weighted by atomic mass is 9.99. The Labute approximate surface area is 192 Å². The van der Waals surface area contributed by atoms with Gasteiger partial charge in [0.15, 0.2) is 0 Å². The smallest absolute Gasteiger partial charge is 0.329 e. The van der Waals surface area contributed by atoms with Crippen molar-refractivity contribution in [3.63, 3.8) is 0 Å². The molecule has 10 nitrogen and oxygen atoms in total. The first-order valence-corrected chi connectivity index (χ1v) is 9.57. The van der Waals surface area contributed by atoms with E-state index in [1.807, 2.05) is 0 Å². The maximum atomic E-state index is 14.8. The van der Waals surface area contributed by atoms with E-state index in [4.69, 9.17) is 11.6 Å². The SMILES string of the molecule is C[C@@H](NC(=O)NNC(=O)C(F)(F)F)c1ncc(-c2cc(Cl)cc(F)c2-c2nnn(C)n2)cc1F. The second-order valence-electron chi connectivity index (χ2n) is 6.78. The number of amides is 3. The number of carbonyl (C=O) groups excluding carboxylic acids is 2. The van der Waals surface area contributed by atoms with Crippen LogP contribution in [-0.2, 0) is 11.8 Å². The Morgan fingerprint density at radius 2 is 1.82 bits per heavy atom. The molecule has 2 heterocycles. The summed E-state index contributed by atoms with van der Waals surface area (Å²) in [6.07, 6.45) is -4.03. The van der Waals surface area contributed by atoms with E-state index in [1.54, 1.807) is 0 Å². The molecule has 3 N–H and O–H groups in total. The predicted octanol–water partition coefficient (Wildman–Crippen LogP) is 2.82. The number of alkyl halides is 3. The van der Waals surface area contributed by atoms with Gasteiger partial charge in [-0.1, -0.05) is 11.6 Å². The molecule has 0 aliphatic heterocycles. The summed E-state index contributed by atoms with van der Waals surface area (Å²) >= 11 is 5.95. The van der Waals surface area contributed by atoms with Crippen molar-refractivity contribution in [3.8, 4) is 22.5 Å². The van der Waals surface area contributed by atoms with Crippen LogP contribution in [0.2, 0.25) is 5.02 Å². The van der Waals surface area contributed by atoms with Crippen molar-refractivity contribution >= 4 is 23.5 Å². The van der Waals surface area contributed by atoms with Crippen LogP contribution in [0.1, 0.15) is 18.7 Å². The zero-order valence-corrected chi connectivity index (χ0v) is 18.0. The highest BCUT2D eigenvalue weighted by molar-refractivity contribution is 6.31. The van der Waals surface area contributed by atoms with Gasteiger partial charge in [0.25, 0.3) is 0 Å². The molecule has 1 aromatic carbocycles. The Bertz CT molecular complexity index is 1250. The lowest BCUT2D eigenvalue weighted by molar-refractivity contribution is -0.174. The summed E-state index contributed by atoms with van der Waals surface area (Å²) in [7, 11) is 1.47. The van der Waals surface area contributed by atoms with Gasteiger partial charge in [-0.25, -0.2) is 19.0 Å². The highest BCUT2D eigenvalue weighted by Gasteiger charge is 2.39. The third-order valence-corrected chi connectivity index (χ3v) is 4.49. The maximum absolute atomic E-state index is 14.8. The average molecular weight is 505 g/mol. The van der Waals surface area contributed by atoms with E-state index in [1.165, 1.54) is 31.7 Å². The van der Waals surface area contributed by atoms with Crippen LogP contribution in [0.15, 0.2) is 24.4 Å². The van der Waals surface area contributed by atoms with Gasteiger partial charge in [0.05, 0.1) is 24.3 Å². The second kappa shape index (κ2) is 9.54. The molecule has 1 atom stereocenters. The molecule has 0 saturated carbocycles. The number of aromatic nitrogens is 5. The Morgan fingerprint density at radius 3 is 2.41 bits per heavy atom. The molecule has 0 fully saturated rings. The van der Waals surface area contributed by atoms with Crippen LogP contribution in [-0.4, -0.2) is 43.3 Å². The van der Waals surface area contributed by atoms with Crippen molar-refractivity contribution in [3.05, 3.63) is 46.7 Å². The third-order valence-electron chi connectivity index (χ3n) is 4.27. The van der Waals surface area contributed by atoms with E-state index < -0.39 is 35.8 Å². The quantitative estimate of drug-likeness (QED) is 0.370. The lowest BCUT2D eigenvalue weighted by Gasteiger charge is -2.16. The van der Waals surface area contributed by atoms with Crippen LogP contribution < -0.4 is 16.2 Å². The minimum Gasteiger partial charge on any atom is -0.329 e. The van der Waals surface area contributed by atoms with Crippen molar-refractivity contribution in [1.82, 2.24) is 41.4 Å². The molecule has 0 unspecified atom stereocenters. The molecule has 3 rings (SSSR count). The number of rotatable bonds is 4. The molecule has 0 bridgehead atoms. The van der Waals surface area contributed by atoms with Gasteiger partial charge in [-0.15, -0.1) is 10.2 Å². The summed E-state index contributed by atoms with van der Waals surface area (Å²) in [6, 6.07) is 0.994. The minimum atomic E-state index is -5.21. The van der Waals surface area contributed by atoms with E-state index in [-0.39, 0.29) is 33.2 Å². The normalized spacial score (nSPS) is 12.2. The van der Waals surface area contributed by atoms with E-state index in [0.29, 0.717) is 0 Å². The zero-order chi connectivity index (χ0) is 25.2. The molecule has 2 aromatic heterocycles. The number of carbonyl (C=O) groups is 2. The standard InChI is InChI=1S/C18H14ClF5N8O2/c1-7(26-17(34)29-28-16(33)18(22,23)24)14-12(21)3-8(6-25-14)10-4-9(19)5-11(20)13(10)15-27-31-32(2)30-15/h3-7H,1-2H3,(H,28,33)(H2,26,29,34)/t7-/m1/s1. The summed E-state index contributed by atoms with van der Waals surface area (Å²) in [6.45, 7) is 1.30. The molecule has 0 radical (unpaired) electrons. The number of urea groups is 1. The topological polar surface area (TPSA) is 127 Å². The number of benzene rings is 1. The number of halogens is 6. The molecule has 180 valence electrons. The summed E-state index contributed by atoms with van der Waals surface area (Å²) in [5, 5.41) is 13.5. The number of pyridine rings is 1. The van der Waals surface area contributed by atoms with Gasteiger partial charge in [0.1, 0.15) is 11.6 Å². The molecule has 0 spiro atoms. The van der Waals surface area contributed by atoms with Crippen molar-refractivity contribution < 1.29 is 31.5 Å². The predicted molar refractivity (Wildman–Crippen MR) is 107 cm³/mol. The Hall–Kier alpha value is -3.88. The highest BCUT2D eigenvalue weighted by Crippen LogP contribution is 2.35. The lowest BCUT2D eigenvalue weighted by Crippen LogP contribution is -2.51. The van der Waals surface area contributed by atoms with Gasteiger partial charge in [0.2, 0.25) is 5.82 Å². The van der Waals surface area contributed by atoms with Crippen LogP contribution in [0.5, 0.6) is 0 Å². The largest absolute Gasteiger partial charge is 0.472 e. The van der Waals surface area contributed by atoms with Gasteiger partial charge in [-0.05, 0) is 35.9 Å². The monoisotopic (exact) mass is 504 g/mol. The first-order chi connectivity index (χ1) is 15.9. The van der Waals surface area contributed by atoms with Gasteiger partial charge in [-0.3, -0.25) is 15.2 Å². The van der Waals surface area contributed by atoms with Gasteiger partial charge in [0, 0.05) is 16.8 Å². The number of nitrogens with one attached hydrogen (secondary N) is 3. The van der Waals surface area contributed by atoms with Crippen molar-refractivity contribution in [2.24, 2.45) is 7.05 Å². The molecule has 16 heteroatoms. The second-order valence-corrected chi connectivity index (χ2v) is 7.21. The molecular weight excluding hydrogens is 491 g/mol. The van der Waals surface area contributed by atoms with Crippen LogP contribution >= 0.6 is 11.6 Å². The van der Waals surface area contributed by atoms with Crippen molar-refractivity contribution in [2.45, 2.75) is 19.1 Å². The van der Waals surface area contributed by atoms with Crippen LogP contribution in [0, 0.1) is 11.6 Å². The maximum Gasteiger partial charge on any atom is 0.472 e. The molecule has 3 aromatic rings. The Balaban J connectivity index is 1.83. The fourth-order valence-electron chi connectivity index (χ4n) is 2.81. The minimum absolute atomic E-state index is 0.0113. The van der Waals surface area contributed by atoms with Gasteiger partial charge >= 0.3 is 18.1 Å². The van der Waals surface area contributed by atoms with E-state index in [2.05, 4.69) is 25.7 Å². The molecule has 3 amide bonds. The first kappa shape index (κ1) is 24.8. The third kappa shape index (κ3) is 5.54. The van der Waals surface area contributed by atoms with Crippen LogP contribution in [0.3, 0.4) is 0 Å². The van der Waals surface area contributed by atoms with Gasteiger partial charge < -0.3 is 5.32 Å². The van der Waals surface area contributed by atoms with Crippen LogP contribution in [0.4, 0.5) is 26.7 Å². The zero-order valence-electron chi connectivity index (χ0n) is 17.2. The summed E-state index contributed by atoms with van der Waals surface area (Å²) in [5.41, 5.74) is 2.46.